The molecule has 18 heteroatoms. The number of ketones is 2. The number of alkyl carbamates (subject to hydrolysis) is 1. The number of hydrogen-bond donors (Lipinski definition) is 7. The quantitative estimate of drug-likeness (QED) is 0.0210. The number of nitrogens with zero attached hydrogens (tertiary/aromatic N) is 2. The van der Waals surface area contributed by atoms with Crippen LogP contribution in [0, 0.1) is 35.8 Å². The van der Waals surface area contributed by atoms with Crippen LogP contribution in [0.1, 0.15) is 72.8 Å². The summed E-state index contributed by atoms with van der Waals surface area (Å²) in [5, 5.41) is 31.3. The molecule has 0 bridgehead atoms. The largest absolute Gasteiger partial charge is 0.508 e. The molecule has 4 atom stereocenters. The molecule has 3 aromatic rings. The SMILES string of the molecule is Cc1cc(O)cc(C)c1CC(CC(=O)C(N)CCCN/C(N)=N\[N+](=O)[O-])C(=O)N[C@@H](CCCCNC(=O)OCc1ccccc1Cl)C(=O)C[C@@H](Cc1ccccc1)C(N)=O. The van der Waals surface area contributed by atoms with E-state index < -0.39 is 64.4 Å². The third-order valence-electron chi connectivity index (χ3n) is 9.94. The molecule has 60 heavy (non-hydrogen) atoms. The lowest BCUT2D eigenvalue weighted by Gasteiger charge is -2.25. The highest BCUT2D eigenvalue weighted by Crippen LogP contribution is 2.26. The second-order valence-electron chi connectivity index (χ2n) is 14.6. The molecule has 0 aromatic heterocycles. The second kappa shape index (κ2) is 24.8. The number of benzene rings is 3. The first-order valence-corrected chi connectivity index (χ1v) is 20.0. The summed E-state index contributed by atoms with van der Waals surface area (Å²) in [4.78, 5) is 77.3. The summed E-state index contributed by atoms with van der Waals surface area (Å²) in [6, 6.07) is 17.1. The maximum absolute atomic E-state index is 14.3. The van der Waals surface area contributed by atoms with Gasteiger partial charge in [0.25, 0.3) is 5.96 Å². The van der Waals surface area contributed by atoms with Gasteiger partial charge in [0.05, 0.1) is 12.1 Å². The molecular weight excluding hydrogens is 796 g/mol. The number of aromatic hydroxyl groups is 1. The number of Topliss-reactive ketones (excluding diaryl/α,β-unsaturated/α-hetero) is 2. The number of nitrogens with one attached hydrogen (secondary N) is 3. The lowest BCUT2D eigenvalue weighted by atomic mass is 9.86. The van der Waals surface area contributed by atoms with E-state index in [0.717, 1.165) is 11.1 Å². The van der Waals surface area contributed by atoms with E-state index in [1.807, 2.05) is 30.3 Å². The van der Waals surface area contributed by atoms with Gasteiger partial charge in [-0.05, 0) is 99.2 Å². The average Bonchev–Trinajstić information content (AvgIpc) is 3.19. The average molecular weight is 851 g/mol. The minimum atomic E-state index is -1.08. The number of ether oxygens (including phenoxy) is 1. The first-order chi connectivity index (χ1) is 28.5. The van der Waals surface area contributed by atoms with Crippen molar-refractivity contribution in [2.45, 2.75) is 90.3 Å². The van der Waals surface area contributed by atoms with E-state index in [1.165, 1.54) is 0 Å². The number of nitrogens with two attached hydrogens (primary N) is 3. The third-order valence-corrected chi connectivity index (χ3v) is 10.3. The van der Waals surface area contributed by atoms with Crippen molar-refractivity contribution in [3.8, 4) is 5.75 Å². The number of guanidine groups is 1. The van der Waals surface area contributed by atoms with Crippen LogP contribution in [-0.2, 0) is 43.4 Å². The van der Waals surface area contributed by atoms with E-state index >= 15 is 0 Å². The number of aryl methyl sites for hydroxylation is 2. The summed E-state index contributed by atoms with van der Waals surface area (Å²) in [6.45, 7) is 3.88. The summed E-state index contributed by atoms with van der Waals surface area (Å²) >= 11 is 6.14. The maximum Gasteiger partial charge on any atom is 0.407 e. The van der Waals surface area contributed by atoms with Crippen molar-refractivity contribution in [3.63, 3.8) is 0 Å². The molecule has 0 aliphatic heterocycles. The summed E-state index contributed by atoms with van der Waals surface area (Å²) in [5.74, 6) is -4.33. The highest BCUT2D eigenvalue weighted by Gasteiger charge is 2.31. The van der Waals surface area contributed by atoms with Crippen LogP contribution in [0.15, 0.2) is 71.8 Å². The predicted octanol–water partition coefficient (Wildman–Crippen LogP) is 3.87. The van der Waals surface area contributed by atoms with Crippen LogP contribution in [0.5, 0.6) is 5.75 Å². The van der Waals surface area contributed by atoms with Crippen LogP contribution in [-0.4, -0.2) is 70.7 Å². The van der Waals surface area contributed by atoms with Crippen molar-refractivity contribution in [3.05, 3.63) is 110 Å². The Morgan fingerprint density at radius 1 is 0.850 bits per heavy atom. The molecule has 3 amide bonds. The van der Waals surface area contributed by atoms with Gasteiger partial charge >= 0.3 is 6.09 Å². The number of rotatable bonds is 25. The van der Waals surface area contributed by atoms with Gasteiger partial charge in [-0.2, -0.15) is 0 Å². The number of hydrazone groups is 1. The molecule has 0 saturated heterocycles. The lowest BCUT2D eigenvalue weighted by Crippen LogP contribution is -2.46. The number of halogens is 1. The molecule has 3 rings (SSSR count). The normalized spacial score (nSPS) is 13.3. The van der Waals surface area contributed by atoms with Crippen molar-refractivity contribution in [1.82, 2.24) is 16.0 Å². The topological polar surface area (TPSA) is 284 Å². The fraction of sp³-hybridized carbons (Fsp3) is 0.429. The minimum absolute atomic E-state index is 0.0243. The molecular formula is C42H55ClN8O9. The fourth-order valence-electron chi connectivity index (χ4n) is 6.65. The van der Waals surface area contributed by atoms with Crippen LogP contribution in [0.3, 0.4) is 0 Å². The van der Waals surface area contributed by atoms with Crippen LogP contribution < -0.4 is 33.2 Å². The van der Waals surface area contributed by atoms with E-state index in [1.54, 1.807) is 50.2 Å². The summed E-state index contributed by atoms with van der Waals surface area (Å²) < 4.78 is 5.26. The van der Waals surface area contributed by atoms with E-state index in [4.69, 9.17) is 33.5 Å². The van der Waals surface area contributed by atoms with Crippen LogP contribution in [0.2, 0.25) is 5.02 Å². The van der Waals surface area contributed by atoms with Crippen LogP contribution in [0.4, 0.5) is 4.79 Å². The van der Waals surface area contributed by atoms with Gasteiger partial charge in [-0.25, -0.2) is 14.9 Å². The number of amides is 3. The summed E-state index contributed by atoms with van der Waals surface area (Å²) in [7, 11) is 0. The van der Waals surface area contributed by atoms with Gasteiger partial charge in [-0.15, -0.1) is 0 Å². The molecule has 324 valence electrons. The van der Waals surface area contributed by atoms with Crippen molar-refractivity contribution in [1.29, 1.82) is 0 Å². The summed E-state index contributed by atoms with van der Waals surface area (Å²) in [6.07, 6.45) is 0.494. The van der Waals surface area contributed by atoms with Crippen LogP contribution >= 0.6 is 11.6 Å². The molecule has 0 fully saturated rings. The number of unbranched alkanes of at least 4 members (excludes halogenated alkanes) is 1. The molecule has 0 saturated carbocycles. The van der Waals surface area contributed by atoms with E-state index in [2.05, 4.69) is 21.1 Å². The Labute approximate surface area is 354 Å². The van der Waals surface area contributed by atoms with Gasteiger partial charge < -0.3 is 43.0 Å². The van der Waals surface area contributed by atoms with Gasteiger partial charge in [0, 0.05) is 48.4 Å². The highest BCUT2D eigenvalue weighted by molar-refractivity contribution is 6.31. The molecule has 0 heterocycles. The Balaban J connectivity index is 1.77. The molecule has 0 spiro atoms. The lowest BCUT2D eigenvalue weighted by molar-refractivity contribution is -0.485. The van der Waals surface area contributed by atoms with Gasteiger partial charge in [0.2, 0.25) is 11.8 Å². The van der Waals surface area contributed by atoms with Crippen molar-refractivity contribution in [2.24, 2.45) is 34.1 Å². The summed E-state index contributed by atoms with van der Waals surface area (Å²) in [5.41, 5.74) is 21.0. The Morgan fingerprint density at radius 3 is 2.13 bits per heavy atom. The molecule has 3 aromatic carbocycles. The Hall–Kier alpha value is -6.07. The smallest absolute Gasteiger partial charge is 0.407 e. The first-order valence-electron chi connectivity index (χ1n) is 19.6. The number of phenols is 1. The standard InChI is InChI=1S/C42H55ClN8O9/c1-26-19-32(52)20-27(2)33(26)22-31(24-37(53)35(44)15-10-18-47-41(46)50-51(58)59)40(56)49-36(38(54)23-30(39(45)55)21-28-11-4-3-5-12-28)16-8-9-17-48-42(57)60-25-29-13-6-7-14-34(29)43/h3-7,11-14,19-20,30-31,35-36,52H,8-10,15-18,21-25,44H2,1-2H3,(H2,45,55)(H,48,57)(H,49,56)(H3,46,47,50)/t30-,31?,35?,36+/m1/s1. The van der Waals surface area contributed by atoms with Gasteiger partial charge in [-0.3, -0.25) is 19.2 Å². The zero-order valence-corrected chi connectivity index (χ0v) is 34.6. The number of carbonyl (C=O) groups is 5. The zero-order chi connectivity index (χ0) is 44.2. The number of carbonyl (C=O) groups excluding carboxylic acids is 5. The van der Waals surface area contributed by atoms with Crippen molar-refractivity contribution in [2.75, 3.05) is 13.1 Å². The number of phenolic OH excluding ortho intramolecular Hbond substituents is 1. The number of primary amides is 1. The number of hydrogen-bond acceptors (Lipinski definition) is 10. The fourth-order valence-corrected chi connectivity index (χ4v) is 6.84. The van der Waals surface area contributed by atoms with E-state index in [9.17, 15) is 39.2 Å². The Kier molecular flexibility index (Phi) is 19.9. The van der Waals surface area contributed by atoms with E-state index in [-0.39, 0.29) is 64.0 Å². The molecule has 10 N–H and O–H groups in total. The molecule has 0 aliphatic carbocycles. The Morgan fingerprint density at radius 2 is 1.48 bits per heavy atom. The van der Waals surface area contributed by atoms with Crippen molar-refractivity contribution >= 4 is 47.0 Å². The van der Waals surface area contributed by atoms with Gasteiger partial charge in [0.1, 0.15) is 23.2 Å². The Bertz CT molecular complexity index is 1960. The third kappa shape index (κ3) is 17.0. The maximum atomic E-state index is 14.3. The molecule has 0 radical (unpaired) electrons. The molecule has 17 nitrogen and oxygen atoms in total. The van der Waals surface area contributed by atoms with Gasteiger partial charge in [-0.1, -0.05) is 60.1 Å². The first kappa shape index (κ1) is 48.3. The van der Waals surface area contributed by atoms with E-state index in [0.29, 0.717) is 41.0 Å². The highest BCUT2D eigenvalue weighted by atomic mass is 35.5. The monoisotopic (exact) mass is 850 g/mol. The molecule has 2 unspecified atom stereocenters. The molecule has 0 aliphatic rings. The number of nitro groups is 1. The minimum Gasteiger partial charge on any atom is -0.508 e. The van der Waals surface area contributed by atoms with Gasteiger partial charge in [0.15, 0.2) is 10.8 Å². The second-order valence-corrected chi connectivity index (χ2v) is 15.0. The zero-order valence-electron chi connectivity index (χ0n) is 33.9. The van der Waals surface area contributed by atoms with Crippen LogP contribution in [0.25, 0.3) is 0 Å². The van der Waals surface area contributed by atoms with Crippen molar-refractivity contribution < 1.29 is 38.8 Å². The predicted molar refractivity (Wildman–Crippen MR) is 226 cm³/mol.